The van der Waals surface area contributed by atoms with Gasteiger partial charge in [-0.05, 0) is 30.3 Å². The summed E-state index contributed by atoms with van der Waals surface area (Å²) in [6.07, 6.45) is 1.85. The third-order valence-electron chi connectivity index (χ3n) is 4.35. The number of benzene rings is 1. The van der Waals surface area contributed by atoms with E-state index in [1.165, 1.54) is 0 Å². The van der Waals surface area contributed by atoms with Gasteiger partial charge in [0, 0.05) is 37.1 Å². The summed E-state index contributed by atoms with van der Waals surface area (Å²) in [7, 11) is 0. The van der Waals surface area contributed by atoms with Crippen molar-refractivity contribution in [1.29, 1.82) is 0 Å². The monoisotopic (exact) mass is 384 g/mol. The number of hydrogen-bond acceptors (Lipinski definition) is 4. The van der Waals surface area contributed by atoms with Gasteiger partial charge in [-0.3, -0.25) is 9.59 Å². The average molecular weight is 385 g/mol. The molecule has 1 aliphatic rings. The molecule has 7 nitrogen and oxygen atoms in total. The molecule has 0 unspecified atom stereocenters. The summed E-state index contributed by atoms with van der Waals surface area (Å²) >= 11 is 6.12. The van der Waals surface area contributed by atoms with Crippen molar-refractivity contribution >= 4 is 23.4 Å². The van der Waals surface area contributed by atoms with Crippen molar-refractivity contribution in [2.45, 2.75) is 6.42 Å². The number of nitrogens with one attached hydrogen (secondary N) is 1. The van der Waals surface area contributed by atoms with Crippen molar-refractivity contribution in [3.63, 3.8) is 0 Å². The minimum atomic E-state index is -0.222. The lowest BCUT2D eigenvalue weighted by molar-refractivity contribution is -0.120. The zero-order valence-corrected chi connectivity index (χ0v) is 15.1. The highest BCUT2D eigenvalue weighted by atomic mass is 35.5. The maximum atomic E-state index is 12.9. The van der Waals surface area contributed by atoms with Gasteiger partial charge in [0.25, 0.3) is 5.91 Å². The van der Waals surface area contributed by atoms with E-state index in [2.05, 4.69) is 10.4 Å². The van der Waals surface area contributed by atoms with Gasteiger partial charge in [0.1, 0.15) is 5.69 Å². The molecule has 0 radical (unpaired) electrons. The molecule has 1 aromatic carbocycles. The fourth-order valence-corrected chi connectivity index (χ4v) is 3.21. The zero-order chi connectivity index (χ0) is 18.8. The predicted octanol–water partition coefficient (Wildman–Crippen LogP) is 2.75. The zero-order valence-electron chi connectivity index (χ0n) is 14.4. The van der Waals surface area contributed by atoms with E-state index < -0.39 is 0 Å². The van der Waals surface area contributed by atoms with E-state index >= 15 is 0 Å². The molecule has 0 saturated carbocycles. The molecular formula is C19H17ClN4O3. The van der Waals surface area contributed by atoms with Crippen LogP contribution in [0.4, 0.5) is 0 Å². The quantitative estimate of drug-likeness (QED) is 0.753. The largest absolute Gasteiger partial charge is 0.463 e. The van der Waals surface area contributed by atoms with Crippen LogP contribution in [0.25, 0.3) is 17.1 Å². The Bertz CT molecular complexity index is 981. The highest BCUT2D eigenvalue weighted by Gasteiger charge is 2.24. The number of carbonyl (C=O) groups excluding carboxylic acids is 2. The van der Waals surface area contributed by atoms with Crippen LogP contribution in [0.3, 0.4) is 0 Å². The van der Waals surface area contributed by atoms with Crippen molar-refractivity contribution in [2.75, 3.05) is 19.6 Å². The van der Waals surface area contributed by atoms with E-state index in [9.17, 15) is 9.59 Å². The smallest absolute Gasteiger partial charge is 0.274 e. The second kappa shape index (κ2) is 7.28. The lowest BCUT2D eigenvalue weighted by Gasteiger charge is -2.17. The molecular weight excluding hydrogens is 368 g/mol. The first kappa shape index (κ1) is 17.4. The normalized spacial score (nSPS) is 14.7. The lowest BCUT2D eigenvalue weighted by atomic mass is 10.2. The molecule has 2 aromatic heterocycles. The Morgan fingerprint density at radius 2 is 2.07 bits per heavy atom. The van der Waals surface area contributed by atoms with Crippen LogP contribution in [0.15, 0.2) is 53.1 Å². The van der Waals surface area contributed by atoms with Crippen LogP contribution >= 0.6 is 11.6 Å². The second-order valence-electron chi connectivity index (χ2n) is 6.18. The first-order valence-electron chi connectivity index (χ1n) is 8.58. The molecule has 8 heteroatoms. The summed E-state index contributed by atoms with van der Waals surface area (Å²) in [4.78, 5) is 26.1. The predicted molar refractivity (Wildman–Crippen MR) is 99.8 cm³/mol. The topological polar surface area (TPSA) is 80.4 Å². The third-order valence-corrected chi connectivity index (χ3v) is 4.59. The standard InChI is InChI=1S/C19H17ClN4O3/c20-13-3-1-4-14(11-13)24-16(17-5-2-10-27-17)12-15(22-24)19(26)23-8-6-18(25)21-7-9-23/h1-5,10-12H,6-9H2,(H,21,25). The van der Waals surface area contributed by atoms with Crippen LogP contribution in [-0.2, 0) is 4.79 Å². The maximum Gasteiger partial charge on any atom is 0.274 e. The molecule has 0 atom stereocenters. The molecule has 1 N–H and O–H groups in total. The molecule has 2 amide bonds. The summed E-state index contributed by atoms with van der Waals surface area (Å²) in [6.45, 7) is 1.25. The first-order valence-corrected chi connectivity index (χ1v) is 8.95. The number of aromatic nitrogens is 2. The molecule has 0 aliphatic carbocycles. The first-order chi connectivity index (χ1) is 13.1. The van der Waals surface area contributed by atoms with E-state index in [0.29, 0.717) is 36.1 Å². The molecule has 0 spiro atoms. The fourth-order valence-electron chi connectivity index (χ4n) is 3.02. The van der Waals surface area contributed by atoms with E-state index in [-0.39, 0.29) is 23.9 Å². The fraction of sp³-hybridized carbons (Fsp3) is 0.211. The van der Waals surface area contributed by atoms with Gasteiger partial charge in [0.2, 0.25) is 5.91 Å². The summed E-state index contributed by atoms with van der Waals surface area (Å²) < 4.78 is 7.15. The molecule has 27 heavy (non-hydrogen) atoms. The average Bonchev–Trinajstić information content (AvgIpc) is 3.29. The number of carbonyl (C=O) groups is 2. The van der Waals surface area contributed by atoms with Gasteiger partial charge < -0.3 is 14.6 Å². The Hall–Kier alpha value is -3.06. The summed E-state index contributed by atoms with van der Waals surface area (Å²) in [5.41, 5.74) is 1.66. The molecule has 3 heterocycles. The second-order valence-corrected chi connectivity index (χ2v) is 6.61. The van der Waals surface area contributed by atoms with Crippen LogP contribution in [0.2, 0.25) is 5.02 Å². The van der Waals surface area contributed by atoms with Crippen molar-refractivity contribution < 1.29 is 14.0 Å². The van der Waals surface area contributed by atoms with Gasteiger partial charge in [-0.1, -0.05) is 17.7 Å². The van der Waals surface area contributed by atoms with Crippen molar-refractivity contribution in [3.05, 3.63) is 59.4 Å². The van der Waals surface area contributed by atoms with Crippen molar-refractivity contribution in [2.24, 2.45) is 0 Å². The molecule has 1 aliphatic heterocycles. The van der Waals surface area contributed by atoms with Crippen LogP contribution < -0.4 is 5.32 Å². The van der Waals surface area contributed by atoms with Gasteiger partial charge in [-0.15, -0.1) is 0 Å². The highest BCUT2D eigenvalue weighted by Crippen LogP contribution is 2.26. The van der Waals surface area contributed by atoms with Crippen LogP contribution in [-0.4, -0.2) is 46.1 Å². The van der Waals surface area contributed by atoms with E-state index in [4.69, 9.17) is 16.0 Å². The van der Waals surface area contributed by atoms with Crippen LogP contribution in [0.5, 0.6) is 0 Å². The highest BCUT2D eigenvalue weighted by molar-refractivity contribution is 6.30. The number of hydrogen-bond donors (Lipinski definition) is 1. The number of halogens is 1. The van der Waals surface area contributed by atoms with Gasteiger partial charge >= 0.3 is 0 Å². The summed E-state index contributed by atoms with van der Waals surface area (Å²) in [5.74, 6) is 0.320. The maximum absolute atomic E-state index is 12.9. The number of furan rings is 1. The van der Waals surface area contributed by atoms with Crippen molar-refractivity contribution in [1.82, 2.24) is 20.0 Å². The molecule has 1 saturated heterocycles. The molecule has 3 aromatic rings. The SMILES string of the molecule is O=C1CCN(C(=O)c2cc(-c3ccco3)n(-c3cccc(Cl)c3)n2)CCN1. The Morgan fingerprint density at radius 3 is 2.85 bits per heavy atom. The minimum absolute atomic E-state index is 0.0500. The van der Waals surface area contributed by atoms with Crippen LogP contribution in [0.1, 0.15) is 16.9 Å². The van der Waals surface area contributed by atoms with Gasteiger partial charge in [0.15, 0.2) is 11.5 Å². The Labute approximate surface area is 160 Å². The number of nitrogens with zero attached hydrogens (tertiary/aromatic N) is 3. The van der Waals surface area contributed by atoms with Crippen LogP contribution in [0, 0.1) is 0 Å². The van der Waals surface area contributed by atoms with Gasteiger partial charge in [-0.25, -0.2) is 4.68 Å². The summed E-state index contributed by atoms with van der Waals surface area (Å²) in [5, 5.41) is 7.84. The molecule has 4 rings (SSSR count). The number of rotatable bonds is 3. The van der Waals surface area contributed by atoms with E-state index in [1.807, 2.05) is 12.1 Å². The third kappa shape index (κ3) is 3.59. The van der Waals surface area contributed by atoms with Gasteiger partial charge in [-0.2, -0.15) is 5.10 Å². The minimum Gasteiger partial charge on any atom is -0.463 e. The van der Waals surface area contributed by atoms with Gasteiger partial charge in [0.05, 0.1) is 12.0 Å². The Kier molecular flexibility index (Phi) is 4.68. The van der Waals surface area contributed by atoms with E-state index in [0.717, 1.165) is 5.69 Å². The van der Waals surface area contributed by atoms with E-state index in [1.54, 1.807) is 46.2 Å². The molecule has 1 fully saturated rings. The Morgan fingerprint density at radius 1 is 1.19 bits per heavy atom. The lowest BCUT2D eigenvalue weighted by Crippen LogP contribution is -2.34. The molecule has 138 valence electrons. The van der Waals surface area contributed by atoms with Crippen molar-refractivity contribution in [3.8, 4) is 17.1 Å². The number of amides is 2. The Balaban J connectivity index is 1.73. The molecule has 0 bridgehead atoms. The summed E-state index contributed by atoms with van der Waals surface area (Å²) in [6, 6.07) is 12.5.